The summed E-state index contributed by atoms with van der Waals surface area (Å²) < 4.78 is 4.88. The molecule has 2 aromatic heterocycles. The second kappa shape index (κ2) is 17.6. The molecule has 0 saturated heterocycles. The van der Waals surface area contributed by atoms with Gasteiger partial charge in [-0.3, -0.25) is 0 Å². The van der Waals surface area contributed by atoms with Crippen LogP contribution in [-0.4, -0.2) is 4.57 Å². The number of fused-ring (bicyclic) bond motifs is 6. The highest BCUT2D eigenvalue weighted by atomic mass is 32.1. The molecule has 0 N–H and O–H groups in total. The summed E-state index contributed by atoms with van der Waals surface area (Å²) in [6.45, 7) is 6.22. The first kappa shape index (κ1) is 40.4. The van der Waals surface area contributed by atoms with E-state index >= 15 is 0 Å². The van der Waals surface area contributed by atoms with Crippen LogP contribution in [0.3, 0.4) is 0 Å². The fourth-order valence-electron chi connectivity index (χ4n) is 9.24. The Bertz CT molecular complexity index is 3520. The minimum absolute atomic E-state index is 1.01. The lowest BCUT2D eigenvalue weighted by Crippen LogP contribution is -2.14. The van der Waals surface area contributed by atoms with Gasteiger partial charge in [-0.05, 0) is 140 Å². The summed E-state index contributed by atoms with van der Waals surface area (Å²) in [6, 6.07) is 80.8. The van der Waals surface area contributed by atoms with E-state index in [0.717, 1.165) is 67.9 Å². The molecule has 11 aromatic rings. The average Bonchev–Trinajstić information content (AvgIpc) is 3.91. The van der Waals surface area contributed by atoms with Crippen molar-refractivity contribution in [1.29, 1.82) is 0 Å². The molecule has 4 nitrogen and oxygen atoms in total. The van der Waals surface area contributed by atoms with Gasteiger partial charge in [-0.2, -0.15) is 0 Å². The minimum Gasteiger partial charge on any atom is -0.310 e. The van der Waals surface area contributed by atoms with Crippen LogP contribution in [0.25, 0.3) is 47.7 Å². The van der Waals surface area contributed by atoms with Crippen LogP contribution < -0.4 is 14.7 Å². The summed E-state index contributed by atoms with van der Waals surface area (Å²) in [6.07, 6.45) is 8.14. The third-order valence-electron chi connectivity index (χ3n) is 12.2. The largest absolute Gasteiger partial charge is 0.310 e. The molecule has 2 heterocycles. The van der Waals surface area contributed by atoms with Gasteiger partial charge < -0.3 is 19.3 Å². The molecule has 0 aliphatic heterocycles. The smallest absolute Gasteiger partial charge is 0.0561 e. The summed E-state index contributed by atoms with van der Waals surface area (Å²) in [5.41, 5.74) is 13.2. The summed E-state index contributed by atoms with van der Waals surface area (Å²) >= 11 is 1.83. The van der Waals surface area contributed by atoms with Crippen molar-refractivity contribution in [3.8, 4) is 5.69 Å². The second-order valence-corrected chi connectivity index (χ2v) is 17.3. The number of nitrogens with zero attached hydrogens (tertiary/aromatic N) is 4. The molecule has 0 spiro atoms. The molecule has 0 unspecified atom stereocenters. The fraction of sp³-hybridized carbons (Fsp3) is 0.0164. The normalized spacial score (nSPS) is 11.8. The molecule has 9 aromatic carbocycles. The molecule has 11 rings (SSSR count). The Balaban J connectivity index is 1.06. The van der Waals surface area contributed by atoms with Gasteiger partial charge in [0.15, 0.2) is 0 Å². The molecule has 0 aliphatic carbocycles. The predicted molar refractivity (Wildman–Crippen MR) is 285 cm³/mol. The lowest BCUT2D eigenvalue weighted by Gasteiger charge is -2.26. The van der Waals surface area contributed by atoms with Crippen LogP contribution in [0.15, 0.2) is 261 Å². The van der Waals surface area contributed by atoms with Crippen molar-refractivity contribution < 1.29 is 0 Å². The van der Waals surface area contributed by atoms with Crippen molar-refractivity contribution >= 4 is 98.8 Å². The van der Waals surface area contributed by atoms with E-state index in [1.165, 1.54) is 30.9 Å². The maximum atomic E-state index is 4.19. The van der Waals surface area contributed by atoms with Crippen molar-refractivity contribution in [3.63, 3.8) is 0 Å². The van der Waals surface area contributed by atoms with E-state index < -0.39 is 0 Å². The van der Waals surface area contributed by atoms with Gasteiger partial charge in [0.05, 0.1) is 11.0 Å². The standard InChI is InChI=1S/C61H46N4S/c1-3-5-21-44(4-2)62(45-22-11-6-12-23-45)53-33-37-55-57-41-51(35-39-60(57)66-61(55)43-53)64(48-28-17-9-18-29-48)52-32-36-54-56-40-50(63(46-24-13-7-14-25-46)47-26-15-8-16-27-47)34-38-58(56)65(59(54)42-52)49-30-19-10-20-31-49/h3-43H,2H2,1H3/b5-3-,44-21+. The Kier molecular flexibility index (Phi) is 10.8. The van der Waals surface area contributed by atoms with Gasteiger partial charge in [0, 0.05) is 87.8 Å². The van der Waals surface area contributed by atoms with Crippen LogP contribution in [0.2, 0.25) is 0 Å². The van der Waals surface area contributed by atoms with E-state index in [1.807, 2.05) is 30.4 Å². The van der Waals surface area contributed by atoms with Crippen LogP contribution in [0.4, 0.5) is 45.5 Å². The Morgan fingerprint density at radius 1 is 0.424 bits per heavy atom. The Morgan fingerprint density at radius 3 is 1.53 bits per heavy atom. The number of para-hydroxylation sites is 5. The van der Waals surface area contributed by atoms with Crippen LogP contribution in [-0.2, 0) is 0 Å². The van der Waals surface area contributed by atoms with Gasteiger partial charge in [0.1, 0.15) is 0 Å². The van der Waals surface area contributed by atoms with Gasteiger partial charge >= 0.3 is 0 Å². The van der Waals surface area contributed by atoms with Gasteiger partial charge in [-0.1, -0.05) is 122 Å². The van der Waals surface area contributed by atoms with E-state index in [4.69, 9.17) is 0 Å². The molecule has 0 atom stereocenters. The summed E-state index contributed by atoms with van der Waals surface area (Å²) in [5.74, 6) is 0. The zero-order valence-electron chi connectivity index (χ0n) is 36.6. The predicted octanol–water partition coefficient (Wildman–Crippen LogP) is 17.9. The van der Waals surface area contributed by atoms with Crippen molar-refractivity contribution in [1.82, 2.24) is 4.57 Å². The van der Waals surface area contributed by atoms with E-state index in [9.17, 15) is 0 Å². The van der Waals surface area contributed by atoms with E-state index in [0.29, 0.717) is 0 Å². The zero-order valence-corrected chi connectivity index (χ0v) is 37.4. The monoisotopic (exact) mass is 866 g/mol. The number of hydrogen-bond donors (Lipinski definition) is 0. The first-order valence-electron chi connectivity index (χ1n) is 22.3. The number of aromatic nitrogens is 1. The number of anilines is 8. The molecule has 0 amide bonds. The molecule has 5 heteroatoms. The van der Waals surface area contributed by atoms with Crippen molar-refractivity contribution in [3.05, 3.63) is 261 Å². The maximum Gasteiger partial charge on any atom is 0.0561 e. The van der Waals surface area contributed by atoms with Crippen molar-refractivity contribution in [2.75, 3.05) is 14.7 Å². The number of hydrogen-bond acceptors (Lipinski definition) is 4. The highest BCUT2D eigenvalue weighted by molar-refractivity contribution is 7.25. The molecular formula is C61H46N4S. The lowest BCUT2D eigenvalue weighted by molar-refractivity contribution is 1.18. The van der Waals surface area contributed by atoms with Gasteiger partial charge in [-0.15, -0.1) is 11.3 Å². The number of rotatable bonds is 12. The Morgan fingerprint density at radius 2 is 0.924 bits per heavy atom. The molecule has 0 fully saturated rings. The molecule has 0 bridgehead atoms. The summed E-state index contributed by atoms with van der Waals surface area (Å²) in [7, 11) is 0. The van der Waals surface area contributed by atoms with Crippen LogP contribution in [0.1, 0.15) is 6.92 Å². The SMILES string of the molecule is C=C/C(=C\C=C/C)N(c1ccccc1)c1ccc2c(c1)sc1ccc(N(c3ccccc3)c3ccc4c5cc(N(c6ccccc6)c6ccccc6)ccc5n(-c5ccccc5)c4c3)cc12. The van der Waals surface area contributed by atoms with E-state index in [1.54, 1.807) is 0 Å². The first-order valence-corrected chi connectivity index (χ1v) is 23.1. The summed E-state index contributed by atoms with van der Waals surface area (Å²) in [5, 5.41) is 4.84. The lowest BCUT2D eigenvalue weighted by atomic mass is 10.1. The highest BCUT2D eigenvalue weighted by Crippen LogP contribution is 2.45. The molecule has 0 saturated carbocycles. The number of benzene rings is 9. The zero-order chi connectivity index (χ0) is 44.4. The van der Waals surface area contributed by atoms with Crippen molar-refractivity contribution in [2.45, 2.75) is 6.92 Å². The third-order valence-corrected chi connectivity index (χ3v) is 13.3. The number of thiophene rings is 1. The van der Waals surface area contributed by atoms with Gasteiger partial charge in [0.2, 0.25) is 0 Å². The Hall–Kier alpha value is -8.38. The fourth-order valence-corrected chi connectivity index (χ4v) is 10.4. The van der Waals surface area contributed by atoms with Gasteiger partial charge in [0.25, 0.3) is 0 Å². The highest BCUT2D eigenvalue weighted by Gasteiger charge is 2.21. The van der Waals surface area contributed by atoms with Gasteiger partial charge in [-0.25, -0.2) is 0 Å². The van der Waals surface area contributed by atoms with E-state index in [2.05, 4.69) is 262 Å². The molecular weight excluding hydrogens is 821 g/mol. The van der Waals surface area contributed by atoms with Crippen LogP contribution >= 0.6 is 11.3 Å². The van der Waals surface area contributed by atoms with Crippen molar-refractivity contribution in [2.24, 2.45) is 0 Å². The quantitative estimate of drug-likeness (QED) is 0.114. The molecule has 66 heavy (non-hydrogen) atoms. The molecule has 0 radical (unpaired) electrons. The van der Waals surface area contributed by atoms with Crippen LogP contribution in [0.5, 0.6) is 0 Å². The topological polar surface area (TPSA) is 14.7 Å². The van der Waals surface area contributed by atoms with E-state index in [-0.39, 0.29) is 0 Å². The minimum atomic E-state index is 1.01. The van der Waals surface area contributed by atoms with Crippen LogP contribution in [0, 0.1) is 0 Å². The molecule has 316 valence electrons. The summed E-state index contributed by atoms with van der Waals surface area (Å²) in [4.78, 5) is 7.00. The third kappa shape index (κ3) is 7.41. The first-order chi connectivity index (χ1) is 32.7. The number of allylic oxidation sites excluding steroid dienone is 4. The Labute approximate surface area is 389 Å². The molecule has 0 aliphatic rings. The second-order valence-electron chi connectivity index (χ2n) is 16.2. The average molecular weight is 867 g/mol. The maximum absolute atomic E-state index is 4.19.